The van der Waals surface area contributed by atoms with Crippen LogP contribution in [0.5, 0.6) is 11.5 Å². The van der Waals surface area contributed by atoms with E-state index in [9.17, 15) is 10.1 Å². The van der Waals surface area contributed by atoms with Gasteiger partial charge in [-0.15, -0.1) is 0 Å². The zero-order valence-corrected chi connectivity index (χ0v) is 10.5. The maximum absolute atomic E-state index is 10.7. The summed E-state index contributed by atoms with van der Waals surface area (Å²) in [4.78, 5) is 10.2. The van der Waals surface area contributed by atoms with Crippen molar-refractivity contribution in [3.63, 3.8) is 0 Å². The lowest BCUT2D eigenvalue weighted by atomic mass is 10.2. The number of non-ortho nitro benzene ring substituents is 1. The molecule has 0 spiro atoms. The number of hydrogen-bond donors (Lipinski definition) is 1. The SMILES string of the molecule is Cc1cc([N+](=O)[O-])ccc1Oc1ccccc1CN. The van der Waals surface area contributed by atoms with Gasteiger partial charge in [-0.05, 0) is 24.6 Å². The third-order valence-corrected chi connectivity index (χ3v) is 2.78. The molecule has 0 radical (unpaired) electrons. The number of ether oxygens (including phenoxy) is 1. The highest BCUT2D eigenvalue weighted by Gasteiger charge is 2.10. The minimum Gasteiger partial charge on any atom is -0.457 e. The molecule has 5 heteroatoms. The first-order valence-corrected chi connectivity index (χ1v) is 5.82. The molecule has 0 aliphatic heterocycles. The van der Waals surface area contributed by atoms with Crippen molar-refractivity contribution in [2.24, 2.45) is 5.73 Å². The Hall–Kier alpha value is -2.40. The van der Waals surface area contributed by atoms with E-state index in [1.807, 2.05) is 24.3 Å². The smallest absolute Gasteiger partial charge is 0.269 e. The van der Waals surface area contributed by atoms with Crippen LogP contribution in [-0.4, -0.2) is 4.92 Å². The average Bonchev–Trinajstić information content (AvgIpc) is 2.41. The molecule has 0 atom stereocenters. The van der Waals surface area contributed by atoms with E-state index in [1.165, 1.54) is 12.1 Å². The molecule has 19 heavy (non-hydrogen) atoms. The Bertz CT molecular complexity index is 611. The van der Waals surface area contributed by atoms with Crippen LogP contribution in [0.3, 0.4) is 0 Å². The highest BCUT2D eigenvalue weighted by Crippen LogP contribution is 2.29. The number of nitro benzene ring substituents is 1. The van der Waals surface area contributed by atoms with Crippen LogP contribution in [-0.2, 0) is 6.54 Å². The third-order valence-electron chi connectivity index (χ3n) is 2.78. The highest BCUT2D eigenvalue weighted by molar-refractivity contribution is 5.46. The molecule has 0 saturated carbocycles. The topological polar surface area (TPSA) is 78.4 Å². The number of para-hydroxylation sites is 1. The van der Waals surface area contributed by atoms with Crippen LogP contribution >= 0.6 is 0 Å². The van der Waals surface area contributed by atoms with Crippen molar-refractivity contribution in [3.8, 4) is 11.5 Å². The second kappa shape index (κ2) is 5.49. The van der Waals surface area contributed by atoms with Gasteiger partial charge in [0.25, 0.3) is 5.69 Å². The molecule has 0 heterocycles. The zero-order valence-electron chi connectivity index (χ0n) is 10.5. The standard InChI is InChI=1S/C14H14N2O3/c1-10-8-12(16(17)18)6-7-13(10)19-14-5-3-2-4-11(14)9-15/h2-8H,9,15H2,1H3. The Morgan fingerprint density at radius 2 is 1.95 bits per heavy atom. The summed E-state index contributed by atoms with van der Waals surface area (Å²) in [6, 6.07) is 12.0. The lowest BCUT2D eigenvalue weighted by Gasteiger charge is -2.11. The van der Waals surface area contributed by atoms with E-state index < -0.39 is 4.92 Å². The van der Waals surface area contributed by atoms with Crippen molar-refractivity contribution >= 4 is 5.69 Å². The minimum atomic E-state index is -0.426. The molecule has 2 N–H and O–H groups in total. The molecule has 5 nitrogen and oxygen atoms in total. The van der Waals surface area contributed by atoms with Crippen molar-refractivity contribution in [3.05, 3.63) is 63.7 Å². The highest BCUT2D eigenvalue weighted by atomic mass is 16.6. The number of hydrogen-bond acceptors (Lipinski definition) is 4. The van der Waals surface area contributed by atoms with Gasteiger partial charge < -0.3 is 10.5 Å². The van der Waals surface area contributed by atoms with Crippen LogP contribution in [0.1, 0.15) is 11.1 Å². The summed E-state index contributed by atoms with van der Waals surface area (Å²) in [6.45, 7) is 2.15. The van der Waals surface area contributed by atoms with Gasteiger partial charge in [-0.3, -0.25) is 10.1 Å². The summed E-state index contributed by atoms with van der Waals surface area (Å²) >= 11 is 0. The summed E-state index contributed by atoms with van der Waals surface area (Å²) in [5.74, 6) is 1.26. The lowest BCUT2D eigenvalue weighted by molar-refractivity contribution is -0.384. The normalized spacial score (nSPS) is 10.2. The molecule has 0 aliphatic carbocycles. The van der Waals surface area contributed by atoms with Crippen LogP contribution in [0.25, 0.3) is 0 Å². The van der Waals surface area contributed by atoms with Gasteiger partial charge in [0.05, 0.1) is 4.92 Å². The summed E-state index contributed by atoms with van der Waals surface area (Å²) in [6.07, 6.45) is 0. The fraction of sp³-hybridized carbons (Fsp3) is 0.143. The number of nitrogens with two attached hydrogens (primary N) is 1. The first-order valence-electron chi connectivity index (χ1n) is 5.82. The Morgan fingerprint density at radius 3 is 2.58 bits per heavy atom. The molecule has 0 unspecified atom stereocenters. The van der Waals surface area contributed by atoms with Gasteiger partial charge in [-0.2, -0.15) is 0 Å². The van der Waals surface area contributed by atoms with Crippen molar-refractivity contribution in [2.45, 2.75) is 13.5 Å². The van der Waals surface area contributed by atoms with Crippen molar-refractivity contribution < 1.29 is 9.66 Å². The Kier molecular flexibility index (Phi) is 3.77. The van der Waals surface area contributed by atoms with E-state index in [-0.39, 0.29) is 5.69 Å². The summed E-state index contributed by atoms with van der Waals surface area (Å²) < 4.78 is 5.76. The van der Waals surface area contributed by atoms with Crippen LogP contribution in [0.4, 0.5) is 5.69 Å². The quantitative estimate of drug-likeness (QED) is 0.675. The Morgan fingerprint density at radius 1 is 1.21 bits per heavy atom. The van der Waals surface area contributed by atoms with E-state index in [4.69, 9.17) is 10.5 Å². The molecule has 0 aliphatic rings. The molecular formula is C14H14N2O3. The van der Waals surface area contributed by atoms with Gasteiger partial charge in [0.1, 0.15) is 11.5 Å². The molecule has 2 aromatic carbocycles. The second-order valence-electron chi connectivity index (χ2n) is 4.12. The predicted octanol–water partition coefficient (Wildman–Crippen LogP) is 3.15. The van der Waals surface area contributed by atoms with Crippen LogP contribution in [0.2, 0.25) is 0 Å². The first-order chi connectivity index (χ1) is 9.11. The monoisotopic (exact) mass is 258 g/mol. The zero-order chi connectivity index (χ0) is 13.8. The predicted molar refractivity (Wildman–Crippen MR) is 72.2 cm³/mol. The van der Waals surface area contributed by atoms with Crippen LogP contribution in [0.15, 0.2) is 42.5 Å². The largest absolute Gasteiger partial charge is 0.457 e. The van der Waals surface area contributed by atoms with Gasteiger partial charge in [0.2, 0.25) is 0 Å². The van der Waals surface area contributed by atoms with Crippen LogP contribution in [0, 0.1) is 17.0 Å². The number of nitro groups is 1. The molecule has 0 fully saturated rings. The molecular weight excluding hydrogens is 244 g/mol. The van der Waals surface area contributed by atoms with Gasteiger partial charge in [0.15, 0.2) is 0 Å². The summed E-state index contributed by atoms with van der Waals surface area (Å²) in [7, 11) is 0. The van der Waals surface area contributed by atoms with E-state index in [1.54, 1.807) is 13.0 Å². The van der Waals surface area contributed by atoms with Gasteiger partial charge >= 0.3 is 0 Å². The number of aryl methyl sites for hydroxylation is 1. The average molecular weight is 258 g/mol. The maximum atomic E-state index is 10.7. The molecule has 0 amide bonds. The van der Waals surface area contributed by atoms with Crippen molar-refractivity contribution in [1.82, 2.24) is 0 Å². The fourth-order valence-electron chi connectivity index (χ4n) is 1.75. The van der Waals surface area contributed by atoms with Gasteiger partial charge in [0, 0.05) is 24.2 Å². The fourth-order valence-corrected chi connectivity index (χ4v) is 1.75. The van der Waals surface area contributed by atoms with Gasteiger partial charge in [-0.1, -0.05) is 18.2 Å². The maximum Gasteiger partial charge on any atom is 0.269 e. The van der Waals surface area contributed by atoms with E-state index in [0.717, 1.165) is 5.56 Å². The molecule has 0 aromatic heterocycles. The Labute approximate surface area is 110 Å². The number of nitrogens with zero attached hydrogens (tertiary/aromatic N) is 1. The van der Waals surface area contributed by atoms with Gasteiger partial charge in [-0.25, -0.2) is 0 Å². The summed E-state index contributed by atoms with van der Waals surface area (Å²) in [5.41, 5.74) is 7.29. The van der Waals surface area contributed by atoms with Crippen LogP contribution < -0.4 is 10.5 Å². The molecule has 0 saturated heterocycles. The number of benzene rings is 2. The number of rotatable bonds is 4. The molecule has 2 rings (SSSR count). The summed E-state index contributed by atoms with van der Waals surface area (Å²) in [5, 5.41) is 10.7. The van der Waals surface area contributed by atoms with Crippen molar-refractivity contribution in [1.29, 1.82) is 0 Å². The second-order valence-corrected chi connectivity index (χ2v) is 4.12. The molecule has 98 valence electrons. The van der Waals surface area contributed by atoms with E-state index in [0.29, 0.717) is 23.6 Å². The molecule has 0 bridgehead atoms. The lowest BCUT2D eigenvalue weighted by Crippen LogP contribution is -1.99. The van der Waals surface area contributed by atoms with E-state index in [2.05, 4.69) is 0 Å². The third kappa shape index (κ3) is 2.89. The van der Waals surface area contributed by atoms with Crippen molar-refractivity contribution in [2.75, 3.05) is 0 Å². The molecule has 2 aromatic rings. The Balaban J connectivity index is 2.31. The first kappa shape index (κ1) is 13.0. The minimum absolute atomic E-state index is 0.0527. The van der Waals surface area contributed by atoms with E-state index >= 15 is 0 Å².